The molecule has 0 bridgehead atoms. The lowest BCUT2D eigenvalue weighted by atomic mass is 10.0. The van der Waals surface area contributed by atoms with Crippen LogP contribution in [0.25, 0.3) is 0 Å². The van der Waals surface area contributed by atoms with Crippen LogP contribution in [0.2, 0.25) is 0 Å². The molecule has 0 spiro atoms. The number of aryl methyl sites for hydroxylation is 1. The van der Waals surface area contributed by atoms with Gasteiger partial charge in [0.2, 0.25) is 0 Å². The molecule has 27 heavy (non-hydrogen) atoms. The molecule has 150 valence electrons. The Labute approximate surface area is 161 Å². The molecule has 1 aromatic carbocycles. The monoisotopic (exact) mass is 396 g/mol. The van der Waals surface area contributed by atoms with Gasteiger partial charge in [-0.05, 0) is 38.3 Å². The van der Waals surface area contributed by atoms with E-state index in [4.69, 9.17) is 0 Å². The van der Waals surface area contributed by atoms with Crippen LogP contribution in [0.4, 0.5) is 5.69 Å². The highest BCUT2D eigenvalue weighted by molar-refractivity contribution is 7.91. The van der Waals surface area contributed by atoms with E-state index in [0.29, 0.717) is 13.0 Å². The Morgan fingerprint density at radius 2 is 1.85 bits per heavy atom. The van der Waals surface area contributed by atoms with E-state index in [1.165, 1.54) is 0 Å². The van der Waals surface area contributed by atoms with Crippen LogP contribution < -0.4 is 15.5 Å². The van der Waals surface area contributed by atoms with Crippen LogP contribution in [0.15, 0.2) is 24.3 Å². The zero-order valence-electron chi connectivity index (χ0n) is 16.3. The largest absolute Gasteiger partial charge is 0.345 e. The molecule has 1 aliphatic heterocycles. The number of nitrogens with one attached hydrogen (secondary N) is 3. The second-order valence-corrected chi connectivity index (χ2v) is 9.85. The number of hydrogen-bond donors (Lipinski definition) is 3. The number of amides is 2. The molecule has 2 atom stereocenters. The van der Waals surface area contributed by atoms with Crippen LogP contribution in [-0.4, -0.2) is 56.9 Å². The van der Waals surface area contributed by atoms with Gasteiger partial charge in [0.05, 0.1) is 23.6 Å². The van der Waals surface area contributed by atoms with Crippen molar-refractivity contribution in [2.24, 2.45) is 0 Å². The zero-order chi connectivity index (χ0) is 20.1. The molecule has 2 rings (SSSR count). The van der Waals surface area contributed by atoms with Crippen molar-refractivity contribution in [1.82, 2.24) is 5.32 Å². The molecular formula is C19H30N3O4S+. The van der Waals surface area contributed by atoms with Crippen LogP contribution in [-0.2, 0) is 19.4 Å². The fourth-order valence-corrected chi connectivity index (χ4v) is 5.54. The molecule has 8 heteroatoms. The Morgan fingerprint density at radius 1 is 1.19 bits per heavy atom. The SMILES string of the molecule is CCC[NH+](CC(=O)Nc1ccccc1C)CC(=O)N[C@]1(C)CCS(=O)(=O)C1. The predicted octanol–water partition coefficient (Wildman–Crippen LogP) is -0.0782. The quantitative estimate of drug-likeness (QED) is 0.573. The Kier molecular flexibility index (Phi) is 7.00. The molecule has 1 aliphatic rings. The molecule has 1 aromatic rings. The first-order valence-corrected chi connectivity index (χ1v) is 11.1. The van der Waals surface area contributed by atoms with Crippen molar-refractivity contribution in [3.63, 3.8) is 0 Å². The average molecular weight is 397 g/mol. The molecule has 1 unspecified atom stereocenters. The normalized spacial score (nSPS) is 22.2. The van der Waals surface area contributed by atoms with Gasteiger partial charge >= 0.3 is 0 Å². The van der Waals surface area contributed by atoms with E-state index >= 15 is 0 Å². The second-order valence-electron chi connectivity index (χ2n) is 7.67. The van der Waals surface area contributed by atoms with Crippen molar-refractivity contribution in [3.05, 3.63) is 29.8 Å². The number of hydrogen-bond acceptors (Lipinski definition) is 4. The summed E-state index contributed by atoms with van der Waals surface area (Å²) in [6.45, 7) is 6.71. The number of carbonyl (C=O) groups is 2. The van der Waals surface area contributed by atoms with Gasteiger partial charge < -0.3 is 15.5 Å². The summed E-state index contributed by atoms with van der Waals surface area (Å²) in [5.74, 6) is -0.284. The average Bonchev–Trinajstić information content (AvgIpc) is 2.82. The van der Waals surface area contributed by atoms with Gasteiger partial charge in [-0.3, -0.25) is 9.59 Å². The van der Waals surface area contributed by atoms with Crippen LogP contribution in [0.3, 0.4) is 0 Å². The highest BCUT2D eigenvalue weighted by Gasteiger charge is 2.39. The topological polar surface area (TPSA) is 96.8 Å². The highest BCUT2D eigenvalue weighted by atomic mass is 32.2. The number of carbonyl (C=O) groups excluding carboxylic acids is 2. The maximum atomic E-state index is 12.4. The summed E-state index contributed by atoms with van der Waals surface area (Å²) in [4.78, 5) is 25.7. The highest BCUT2D eigenvalue weighted by Crippen LogP contribution is 2.22. The number of anilines is 1. The number of sulfone groups is 1. The van der Waals surface area contributed by atoms with E-state index in [9.17, 15) is 18.0 Å². The third-order valence-corrected chi connectivity index (χ3v) is 6.69. The molecule has 7 nitrogen and oxygen atoms in total. The third kappa shape index (κ3) is 6.62. The van der Waals surface area contributed by atoms with E-state index in [-0.39, 0.29) is 36.4 Å². The summed E-state index contributed by atoms with van der Waals surface area (Å²) in [6, 6.07) is 7.55. The first-order valence-electron chi connectivity index (χ1n) is 9.33. The first-order chi connectivity index (χ1) is 12.6. The van der Waals surface area contributed by atoms with E-state index in [1.54, 1.807) is 6.92 Å². The molecule has 1 saturated heterocycles. The Balaban J connectivity index is 1.91. The van der Waals surface area contributed by atoms with Gasteiger partial charge in [0, 0.05) is 5.69 Å². The number of para-hydroxylation sites is 1. The van der Waals surface area contributed by atoms with Gasteiger partial charge in [-0.25, -0.2) is 8.42 Å². The number of benzene rings is 1. The van der Waals surface area contributed by atoms with Crippen LogP contribution in [0.5, 0.6) is 0 Å². The number of rotatable bonds is 8. The van der Waals surface area contributed by atoms with E-state index in [1.807, 2.05) is 38.1 Å². The lowest BCUT2D eigenvalue weighted by Crippen LogP contribution is -3.14. The van der Waals surface area contributed by atoms with Crippen molar-refractivity contribution in [2.75, 3.05) is 36.5 Å². The molecule has 0 saturated carbocycles. The van der Waals surface area contributed by atoms with Crippen LogP contribution in [0.1, 0.15) is 32.3 Å². The van der Waals surface area contributed by atoms with Crippen molar-refractivity contribution >= 4 is 27.3 Å². The van der Waals surface area contributed by atoms with E-state index in [2.05, 4.69) is 10.6 Å². The van der Waals surface area contributed by atoms with E-state index < -0.39 is 15.4 Å². The van der Waals surface area contributed by atoms with Crippen molar-refractivity contribution in [3.8, 4) is 0 Å². The maximum Gasteiger partial charge on any atom is 0.279 e. The minimum Gasteiger partial charge on any atom is -0.345 e. The summed E-state index contributed by atoms with van der Waals surface area (Å²) < 4.78 is 23.4. The lowest BCUT2D eigenvalue weighted by molar-refractivity contribution is -0.883. The van der Waals surface area contributed by atoms with E-state index in [0.717, 1.165) is 22.6 Å². The molecule has 1 heterocycles. The molecule has 2 amide bonds. The van der Waals surface area contributed by atoms with Gasteiger partial charge in [0.1, 0.15) is 0 Å². The van der Waals surface area contributed by atoms with Gasteiger partial charge in [-0.2, -0.15) is 0 Å². The van der Waals surface area contributed by atoms with Gasteiger partial charge in [0.25, 0.3) is 11.8 Å². The van der Waals surface area contributed by atoms with Gasteiger partial charge in [0.15, 0.2) is 22.9 Å². The predicted molar refractivity (Wildman–Crippen MR) is 105 cm³/mol. The van der Waals surface area contributed by atoms with Crippen molar-refractivity contribution in [1.29, 1.82) is 0 Å². The standard InChI is InChI=1S/C19H29N3O4S/c1-4-10-22(12-17(23)20-16-8-6-5-7-15(16)2)13-18(24)21-19(3)9-11-27(25,26)14-19/h5-8H,4,9-14H2,1-3H3,(H,20,23)(H,21,24)/p+1/t19-/m1/s1. The molecule has 0 aromatic heterocycles. The molecule has 0 aliphatic carbocycles. The fraction of sp³-hybridized carbons (Fsp3) is 0.579. The van der Waals surface area contributed by atoms with Crippen LogP contribution in [0, 0.1) is 6.92 Å². The summed E-state index contributed by atoms with van der Waals surface area (Å²) in [6.07, 6.45) is 1.27. The lowest BCUT2D eigenvalue weighted by Gasteiger charge is -2.25. The Hall–Kier alpha value is -1.93. The molecule has 3 N–H and O–H groups in total. The summed E-state index contributed by atoms with van der Waals surface area (Å²) in [5.41, 5.74) is 1.04. The maximum absolute atomic E-state index is 12.4. The van der Waals surface area contributed by atoms with Crippen molar-refractivity contribution < 1.29 is 22.9 Å². The Bertz CT molecular complexity index is 794. The smallest absolute Gasteiger partial charge is 0.279 e. The Morgan fingerprint density at radius 3 is 2.44 bits per heavy atom. The minimum absolute atomic E-state index is 0.0252. The number of quaternary nitrogens is 1. The molecule has 1 fully saturated rings. The van der Waals surface area contributed by atoms with Gasteiger partial charge in [-0.1, -0.05) is 25.1 Å². The zero-order valence-corrected chi connectivity index (χ0v) is 17.1. The summed E-state index contributed by atoms with van der Waals surface area (Å²) in [5, 5.41) is 5.75. The first kappa shape index (κ1) is 21.4. The molecular weight excluding hydrogens is 366 g/mol. The second kappa shape index (κ2) is 8.84. The molecule has 0 radical (unpaired) electrons. The summed E-state index contributed by atoms with van der Waals surface area (Å²) >= 11 is 0. The fourth-order valence-electron chi connectivity index (χ4n) is 3.44. The van der Waals surface area contributed by atoms with Gasteiger partial charge in [-0.15, -0.1) is 0 Å². The third-order valence-electron chi connectivity index (χ3n) is 4.79. The van der Waals surface area contributed by atoms with Crippen molar-refractivity contribution in [2.45, 2.75) is 39.2 Å². The van der Waals surface area contributed by atoms with Crippen LogP contribution >= 0.6 is 0 Å². The minimum atomic E-state index is -3.08. The summed E-state index contributed by atoms with van der Waals surface area (Å²) in [7, 11) is -3.08.